The van der Waals surface area contributed by atoms with E-state index in [1.165, 1.54) is 38.5 Å². The van der Waals surface area contributed by atoms with Gasteiger partial charge in [0.1, 0.15) is 0 Å². The molecule has 3 aromatic rings. The predicted octanol–water partition coefficient (Wildman–Crippen LogP) is 7.37. The average molecular weight is 365 g/mol. The minimum Gasteiger partial charge on any atom is -0.356 e. The molecule has 0 fully saturated rings. The fourth-order valence-electron chi connectivity index (χ4n) is 3.90. The lowest BCUT2D eigenvalue weighted by atomic mass is 9.91. The van der Waals surface area contributed by atoms with Gasteiger partial charge in [-0.3, -0.25) is 0 Å². The molecular weight excluding hydrogens is 328 g/mol. The third-order valence-electron chi connectivity index (χ3n) is 5.11. The van der Waals surface area contributed by atoms with Crippen LogP contribution in [0.25, 0.3) is 21.5 Å². The number of nitrogens with zero attached hydrogens (tertiary/aromatic N) is 2. The summed E-state index contributed by atoms with van der Waals surface area (Å²) in [5, 5.41) is 5.50. The van der Waals surface area contributed by atoms with Gasteiger partial charge in [0.05, 0.1) is 12.4 Å². The number of hydrogen-bond donors (Lipinski definition) is 0. The van der Waals surface area contributed by atoms with Crippen LogP contribution in [0.4, 0.5) is 11.4 Å². The van der Waals surface area contributed by atoms with Crippen LogP contribution in [-0.4, -0.2) is 19.3 Å². The van der Waals surface area contributed by atoms with Gasteiger partial charge in [0, 0.05) is 29.0 Å². The highest BCUT2D eigenvalue weighted by atomic mass is 15.3. The molecule has 0 N–H and O–H groups in total. The second-order valence-electron chi connectivity index (χ2n) is 7.66. The van der Waals surface area contributed by atoms with Crippen LogP contribution in [0.15, 0.2) is 42.5 Å². The Bertz CT molecular complexity index is 919. The van der Waals surface area contributed by atoms with E-state index in [1.54, 1.807) is 0 Å². The van der Waals surface area contributed by atoms with Crippen molar-refractivity contribution >= 4 is 32.9 Å². The highest BCUT2D eigenvalue weighted by molar-refractivity contribution is 6.19. The Kier molecular flexibility index (Phi) is 6.41. The van der Waals surface area contributed by atoms with Gasteiger partial charge in [-0.1, -0.05) is 64.1 Å². The quantitative estimate of drug-likeness (QED) is 0.384. The van der Waals surface area contributed by atoms with E-state index in [0.717, 1.165) is 6.67 Å². The molecule has 0 amide bonds. The van der Waals surface area contributed by atoms with E-state index in [-0.39, 0.29) is 5.54 Å². The van der Waals surface area contributed by atoms with Crippen LogP contribution < -0.4 is 9.80 Å². The largest absolute Gasteiger partial charge is 0.356 e. The van der Waals surface area contributed by atoms with Gasteiger partial charge in [-0.2, -0.15) is 0 Å². The van der Waals surface area contributed by atoms with Gasteiger partial charge in [0.2, 0.25) is 0 Å². The van der Waals surface area contributed by atoms with Crippen LogP contribution >= 0.6 is 0 Å². The van der Waals surface area contributed by atoms with Crippen molar-refractivity contribution in [2.24, 2.45) is 0 Å². The first-order valence-corrected chi connectivity index (χ1v) is 10.3. The Morgan fingerprint density at radius 2 is 1.33 bits per heavy atom. The SMILES string of the molecule is CC.CC.Cc1c2ccccc2c2c3c(cccc13)N(C)CN2C(C)(C)C. The summed E-state index contributed by atoms with van der Waals surface area (Å²) in [5.41, 5.74) is 4.19. The van der Waals surface area contributed by atoms with Crippen molar-refractivity contribution in [1.29, 1.82) is 0 Å². The van der Waals surface area contributed by atoms with Crippen LogP contribution in [-0.2, 0) is 0 Å². The first kappa shape index (κ1) is 21.1. The zero-order chi connectivity index (χ0) is 20.4. The third-order valence-corrected chi connectivity index (χ3v) is 5.11. The summed E-state index contributed by atoms with van der Waals surface area (Å²) in [5.74, 6) is 0. The van der Waals surface area contributed by atoms with E-state index in [0.29, 0.717) is 0 Å². The lowest BCUT2D eigenvalue weighted by Gasteiger charge is -2.46. The van der Waals surface area contributed by atoms with Crippen molar-refractivity contribution in [3.05, 3.63) is 48.0 Å². The minimum atomic E-state index is 0.0761. The van der Waals surface area contributed by atoms with E-state index in [2.05, 4.69) is 87.0 Å². The van der Waals surface area contributed by atoms with Crippen molar-refractivity contribution in [3.8, 4) is 0 Å². The molecule has 0 aliphatic carbocycles. The van der Waals surface area contributed by atoms with E-state index in [1.807, 2.05) is 27.7 Å². The van der Waals surface area contributed by atoms with Gasteiger partial charge in [-0.15, -0.1) is 0 Å². The highest BCUT2D eigenvalue weighted by Gasteiger charge is 2.31. The zero-order valence-corrected chi connectivity index (χ0v) is 18.6. The monoisotopic (exact) mass is 364 g/mol. The first-order valence-electron chi connectivity index (χ1n) is 10.3. The number of aryl methyl sites for hydroxylation is 1. The smallest absolute Gasteiger partial charge is 0.0905 e. The summed E-state index contributed by atoms with van der Waals surface area (Å²) < 4.78 is 0. The first-order chi connectivity index (χ1) is 12.9. The van der Waals surface area contributed by atoms with E-state index in [4.69, 9.17) is 0 Å². The summed E-state index contributed by atoms with van der Waals surface area (Å²) in [7, 11) is 2.20. The van der Waals surface area contributed by atoms with Gasteiger partial charge in [-0.05, 0) is 50.1 Å². The molecule has 146 valence electrons. The molecule has 1 aliphatic heterocycles. The van der Waals surface area contributed by atoms with Gasteiger partial charge in [0.25, 0.3) is 0 Å². The molecule has 0 radical (unpaired) electrons. The maximum atomic E-state index is 2.55. The summed E-state index contributed by atoms with van der Waals surface area (Å²) in [6.07, 6.45) is 0. The molecule has 0 saturated heterocycles. The summed E-state index contributed by atoms with van der Waals surface area (Å²) >= 11 is 0. The minimum absolute atomic E-state index is 0.0761. The molecule has 0 atom stereocenters. The molecule has 0 bridgehead atoms. The lowest BCUT2D eigenvalue weighted by Crippen LogP contribution is -2.49. The van der Waals surface area contributed by atoms with Crippen LogP contribution in [0.3, 0.4) is 0 Å². The second-order valence-corrected chi connectivity index (χ2v) is 7.66. The maximum Gasteiger partial charge on any atom is 0.0905 e. The molecule has 1 heterocycles. The van der Waals surface area contributed by atoms with Crippen LogP contribution in [0.2, 0.25) is 0 Å². The molecule has 2 nitrogen and oxygen atoms in total. The average Bonchev–Trinajstić information content (AvgIpc) is 2.69. The number of hydrogen-bond acceptors (Lipinski definition) is 2. The number of benzene rings is 3. The Morgan fingerprint density at radius 3 is 1.93 bits per heavy atom. The molecule has 4 rings (SSSR count). The van der Waals surface area contributed by atoms with Gasteiger partial charge in [0.15, 0.2) is 0 Å². The second kappa shape index (κ2) is 8.21. The molecule has 0 unspecified atom stereocenters. The van der Waals surface area contributed by atoms with Crippen LogP contribution in [0.1, 0.15) is 54.0 Å². The Labute approximate surface area is 165 Å². The Balaban J connectivity index is 0.000000614. The fourth-order valence-corrected chi connectivity index (χ4v) is 3.90. The third kappa shape index (κ3) is 3.50. The molecule has 3 aromatic carbocycles. The number of fused-ring (bicyclic) bond motifs is 2. The van der Waals surface area contributed by atoms with Crippen LogP contribution in [0, 0.1) is 6.92 Å². The predicted molar refractivity (Wildman–Crippen MR) is 124 cm³/mol. The van der Waals surface area contributed by atoms with Crippen molar-refractivity contribution in [1.82, 2.24) is 0 Å². The lowest BCUT2D eigenvalue weighted by molar-refractivity contribution is 0.502. The molecule has 2 heteroatoms. The molecule has 1 aliphatic rings. The molecule has 0 aromatic heterocycles. The summed E-state index contributed by atoms with van der Waals surface area (Å²) in [4.78, 5) is 4.92. The fraction of sp³-hybridized carbons (Fsp3) is 0.440. The van der Waals surface area contributed by atoms with Gasteiger partial charge < -0.3 is 9.80 Å². The highest BCUT2D eigenvalue weighted by Crippen LogP contribution is 2.47. The number of anilines is 2. The molecular formula is C25H36N2. The normalized spacial score (nSPS) is 13.1. The van der Waals surface area contributed by atoms with Gasteiger partial charge in [-0.25, -0.2) is 0 Å². The zero-order valence-electron chi connectivity index (χ0n) is 18.6. The molecule has 27 heavy (non-hydrogen) atoms. The number of rotatable bonds is 0. The van der Waals surface area contributed by atoms with Crippen molar-refractivity contribution in [2.45, 2.75) is 60.9 Å². The Morgan fingerprint density at radius 1 is 0.778 bits per heavy atom. The summed E-state index contributed by atoms with van der Waals surface area (Å²) in [6, 6.07) is 15.5. The van der Waals surface area contributed by atoms with E-state index in [9.17, 15) is 0 Å². The maximum absolute atomic E-state index is 2.55. The Hall–Kier alpha value is -2.22. The van der Waals surface area contributed by atoms with Crippen molar-refractivity contribution < 1.29 is 0 Å². The standard InChI is InChI=1S/C21H24N2.2C2H6/c1-14-15-9-6-7-10-17(15)20-19-16(14)11-8-12-18(19)22(5)13-23(20)21(2,3)4;2*1-2/h6-12H,13H2,1-5H3;2*1-2H3. The molecule has 0 saturated carbocycles. The van der Waals surface area contributed by atoms with Crippen molar-refractivity contribution in [3.63, 3.8) is 0 Å². The van der Waals surface area contributed by atoms with Crippen LogP contribution in [0.5, 0.6) is 0 Å². The topological polar surface area (TPSA) is 6.48 Å². The van der Waals surface area contributed by atoms with E-state index >= 15 is 0 Å². The summed E-state index contributed by atoms with van der Waals surface area (Å²) in [6.45, 7) is 18.1. The van der Waals surface area contributed by atoms with Crippen molar-refractivity contribution in [2.75, 3.05) is 23.5 Å². The van der Waals surface area contributed by atoms with Gasteiger partial charge >= 0.3 is 0 Å². The molecule has 0 spiro atoms. The van der Waals surface area contributed by atoms with E-state index < -0.39 is 0 Å².